The van der Waals surface area contributed by atoms with Gasteiger partial charge < -0.3 is 15.7 Å². The minimum Gasteiger partial charge on any atom is -0.383 e. The molecule has 0 unspecified atom stereocenters. The van der Waals surface area contributed by atoms with Crippen LogP contribution in [0, 0.1) is 5.92 Å². The van der Waals surface area contributed by atoms with Crippen molar-refractivity contribution < 1.29 is 23.1 Å². The van der Waals surface area contributed by atoms with Gasteiger partial charge in [-0.25, -0.2) is 4.79 Å². The zero-order valence-corrected chi connectivity index (χ0v) is 13.9. The van der Waals surface area contributed by atoms with Crippen molar-refractivity contribution in [2.45, 2.75) is 24.6 Å². The molecule has 1 aliphatic carbocycles. The van der Waals surface area contributed by atoms with Crippen molar-refractivity contribution in [2.75, 3.05) is 11.9 Å². The fourth-order valence-electron chi connectivity index (χ4n) is 2.99. The normalized spacial score (nSPS) is 16.6. The van der Waals surface area contributed by atoms with Crippen molar-refractivity contribution in [3.8, 4) is 0 Å². The molecular formula is C19H19F3N2O2. The molecule has 0 radical (unpaired) electrons. The van der Waals surface area contributed by atoms with Gasteiger partial charge in [0, 0.05) is 0 Å². The number of rotatable bonds is 5. The largest absolute Gasteiger partial charge is 0.418 e. The number of benzene rings is 2. The highest BCUT2D eigenvalue weighted by molar-refractivity contribution is 5.90. The lowest BCUT2D eigenvalue weighted by Gasteiger charge is -2.29. The first-order chi connectivity index (χ1) is 12.3. The van der Waals surface area contributed by atoms with Gasteiger partial charge in [-0.05, 0) is 36.5 Å². The van der Waals surface area contributed by atoms with Crippen LogP contribution in [0.5, 0.6) is 0 Å². The van der Waals surface area contributed by atoms with E-state index in [0.29, 0.717) is 5.56 Å². The van der Waals surface area contributed by atoms with Crippen LogP contribution in [0.25, 0.3) is 0 Å². The molecule has 1 fully saturated rings. The van der Waals surface area contributed by atoms with Crippen LogP contribution in [0.3, 0.4) is 0 Å². The van der Waals surface area contributed by atoms with E-state index < -0.39 is 23.4 Å². The molecule has 26 heavy (non-hydrogen) atoms. The first-order valence-corrected chi connectivity index (χ1v) is 8.29. The predicted octanol–water partition coefficient (Wildman–Crippen LogP) is 4.12. The fraction of sp³-hybridized carbons (Fsp3) is 0.316. The predicted molar refractivity (Wildman–Crippen MR) is 91.5 cm³/mol. The Hall–Kier alpha value is -2.54. The molecule has 3 rings (SSSR count). The summed E-state index contributed by atoms with van der Waals surface area (Å²) in [5.41, 5.74) is -1.80. The number of para-hydroxylation sites is 1. The van der Waals surface area contributed by atoms with E-state index in [-0.39, 0.29) is 18.2 Å². The number of hydrogen-bond acceptors (Lipinski definition) is 2. The van der Waals surface area contributed by atoms with Crippen molar-refractivity contribution in [3.63, 3.8) is 0 Å². The zero-order chi connectivity index (χ0) is 18.8. The summed E-state index contributed by atoms with van der Waals surface area (Å²) < 4.78 is 39.0. The molecule has 0 saturated heterocycles. The van der Waals surface area contributed by atoms with E-state index in [0.717, 1.165) is 18.9 Å². The minimum atomic E-state index is -4.57. The van der Waals surface area contributed by atoms with E-state index in [1.165, 1.54) is 18.2 Å². The van der Waals surface area contributed by atoms with Crippen LogP contribution in [0.2, 0.25) is 0 Å². The molecule has 1 saturated carbocycles. The van der Waals surface area contributed by atoms with Gasteiger partial charge in [-0.2, -0.15) is 13.2 Å². The van der Waals surface area contributed by atoms with Crippen molar-refractivity contribution in [1.82, 2.24) is 5.32 Å². The number of halogens is 3. The number of nitrogens with one attached hydrogen (secondary N) is 2. The summed E-state index contributed by atoms with van der Waals surface area (Å²) in [6, 6.07) is 12.9. The second kappa shape index (κ2) is 6.99. The van der Waals surface area contributed by atoms with Gasteiger partial charge >= 0.3 is 12.2 Å². The zero-order valence-electron chi connectivity index (χ0n) is 13.9. The Morgan fingerprint density at radius 2 is 1.65 bits per heavy atom. The van der Waals surface area contributed by atoms with Crippen LogP contribution in [0.4, 0.5) is 23.7 Å². The van der Waals surface area contributed by atoms with E-state index in [2.05, 4.69) is 10.6 Å². The Balaban J connectivity index is 1.69. The molecule has 0 bridgehead atoms. The Kier molecular flexibility index (Phi) is 4.91. The Morgan fingerprint density at radius 3 is 2.27 bits per heavy atom. The smallest absolute Gasteiger partial charge is 0.383 e. The van der Waals surface area contributed by atoms with Crippen molar-refractivity contribution >= 4 is 11.7 Å². The summed E-state index contributed by atoms with van der Waals surface area (Å²) in [7, 11) is 0. The highest BCUT2D eigenvalue weighted by Crippen LogP contribution is 2.45. The summed E-state index contributed by atoms with van der Waals surface area (Å²) in [4.78, 5) is 12.1. The molecule has 2 aromatic rings. The summed E-state index contributed by atoms with van der Waals surface area (Å²) >= 11 is 0. The second-order valence-corrected chi connectivity index (χ2v) is 6.42. The number of aliphatic hydroxyl groups is 1. The van der Waals surface area contributed by atoms with Crippen LogP contribution >= 0.6 is 0 Å². The Morgan fingerprint density at radius 1 is 1.04 bits per heavy atom. The fourth-order valence-corrected chi connectivity index (χ4v) is 2.99. The molecule has 2 aromatic carbocycles. The van der Waals surface area contributed by atoms with Crippen molar-refractivity contribution in [1.29, 1.82) is 0 Å². The van der Waals surface area contributed by atoms with E-state index >= 15 is 0 Å². The Labute approximate surface area is 149 Å². The summed E-state index contributed by atoms with van der Waals surface area (Å²) in [5.74, 6) is 0.0210. The summed E-state index contributed by atoms with van der Waals surface area (Å²) in [6.07, 6.45) is -2.89. The maximum Gasteiger partial charge on any atom is 0.418 e. The molecule has 1 atom stereocenters. The van der Waals surface area contributed by atoms with Gasteiger partial charge in [-0.3, -0.25) is 0 Å². The van der Waals surface area contributed by atoms with Gasteiger partial charge in [0.2, 0.25) is 0 Å². The van der Waals surface area contributed by atoms with Gasteiger partial charge in [0.1, 0.15) is 5.60 Å². The maximum absolute atomic E-state index is 13.0. The van der Waals surface area contributed by atoms with Crippen molar-refractivity contribution in [2.24, 2.45) is 5.92 Å². The molecule has 0 spiro atoms. The maximum atomic E-state index is 13.0. The number of alkyl halides is 3. The van der Waals surface area contributed by atoms with E-state index in [1.807, 2.05) is 6.07 Å². The molecule has 0 aromatic heterocycles. The number of hydrogen-bond donors (Lipinski definition) is 3. The Bertz CT molecular complexity index is 776. The molecule has 7 heteroatoms. The average Bonchev–Trinajstić information content (AvgIpc) is 3.45. The molecule has 2 amide bonds. The molecule has 0 heterocycles. The van der Waals surface area contributed by atoms with E-state index in [1.54, 1.807) is 24.3 Å². The SMILES string of the molecule is O=C(NC[C@@](O)(c1ccccc1)C1CC1)Nc1ccccc1C(F)(F)F. The third-order valence-corrected chi connectivity index (χ3v) is 4.53. The van der Waals surface area contributed by atoms with E-state index in [9.17, 15) is 23.1 Å². The number of carbonyl (C=O) groups excluding carboxylic acids is 1. The quantitative estimate of drug-likeness (QED) is 0.747. The topological polar surface area (TPSA) is 61.4 Å². The monoisotopic (exact) mass is 364 g/mol. The van der Waals surface area contributed by atoms with Gasteiger partial charge in [-0.15, -0.1) is 0 Å². The van der Waals surface area contributed by atoms with E-state index in [4.69, 9.17) is 0 Å². The second-order valence-electron chi connectivity index (χ2n) is 6.42. The number of amides is 2. The van der Waals surface area contributed by atoms with Crippen LogP contribution in [-0.4, -0.2) is 17.7 Å². The van der Waals surface area contributed by atoms with Crippen LogP contribution in [0.1, 0.15) is 24.0 Å². The number of carbonyl (C=O) groups is 1. The van der Waals surface area contributed by atoms with Crippen LogP contribution < -0.4 is 10.6 Å². The summed E-state index contributed by atoms with van der Waals surface area (Å²) in [5, 5.41) is 15.7. The average molecular weight is 364 g/mol. The molecule has 138 valence electrons. The van der Waals surface area contributed by atoms with Gasteiger partial charge in [0.25, 0.3) is 0 Å². The summed E-state index contributed by atoms with van der Waals surface area (Å²) in [6.45, 7) is -0.0816. The number of anilines is 1. The lowest BCUT2D eigenvalue weighted by Crippen LogP contribution is -2.44. The molecule has 0 aliphatic heterocycles. The first-order valence-electron chi connectivity index (χ1n) is 8.29. The molecule has 1 aliphatic rings. The third kappa shape index (κ3) is 3.99. The highest BCUT2D eigenvalue weighted by atomic mass is 19.4. The molecular weight excluding hydrogens is 345 g/mol. The first kappa shape index (κ1) is 18.3. The molecule has 3 N–H and O–H groups in total. The van der Waals surface area contributed by atoms with Crippen LogP contribution in [0.15, 0.2) is 54.6 Å². The van der Waals surface area contributed by atoms with Gasteiger partial charge in [-0.1, -0.05) is 42.5 Å². The van der Waals surface area contributed by atoms with Crippen LogP contribution in [-0.2, 0) is 11.8 Å². The van der Waals surface area contributed by atoms with Gasteiger partial charge in [0.05, 0.1) is 17.8 Å². The lowest BCUT2D eigenvalue weighted by molar-refractivity contribution is -0.136. The lowest BCUT2D eigenvalue weighted by atomic mass is 9.89. The van der Waals surface area contributed by atoms with Crippen molar-refractivity contribution in [3.05, 3.63) is 65.7 Å². The van der Waals surface area contributed by atoms with Gasteiger partial charge in [0.15, 0.2) is 0 Å². The minimum absolute atomic E-state index is 0.0210. The molecule has 4 nitrogen and oxygen atoms in total. The number of urea groups is 1. The third-order valence-electron chi connectivity index (χ3n) is 4.53. The standard InChI is InChI=1S/C19H19F3N2O2/c20-19(21,22)15-8-4-5-9-16(15)24-17(25)23-12-18(26,14-10-11-14)13-6-2-1-3-7-13/h1-9,14,26H,10-12H2,(H2,23,24,25)/t18-/m1/s1. The highest BCUT2D eigenvalue weighted by Gasteiger charge is 2.45.